The van der Waals surface area contributed by atoms with Crippen LogP contribution in [0.15, 0.2) is 17.1 Å². The van der Waals surface area contributed by atoms with E-state index in [1.165, 1.54) is 12.8 Å². The predicted molar refractivity (Wildman–Crippen MR) is 90.2 cm³/mol. The van der Waals surface area contributed by atoms with E-state index in [1.54, 1.807) is 6.20 Å². The van der Waals surface area contributed by atoms with Crippen molar-refractivity contribution in [2.45, 2.75) is 64.6 Å². The molecule has 0 radical (unpaired) electrons. The maximum Gasteiger partial charge on any atom is 0.252 e. The van der Waals surface area contributed by atoms with Gasteiger partial charge in [-0.05, 0) is 56.6 Å². The number of hydrogen-bond acceptors (Lipinski definition) is 3. The Hall–Kier alpha value is -1.62. The summed E-state index contributed by atoms with van der Waals surface area (Å²) in [5, 5.41) is 3.21. The molecule has 2 heterocycles. The van der Waals surface area contributed by atoms with Crippen molar-refractivity contribution in [1.82, 2.24) is 15.2 Å². The highest BCUT2D eigenvalue weighted by Crippen LogP contribution is 2.24. The molecule has 2 N–H and O–H groups in total. The summed E-state index contributed by atoms with van der Waals surface area (Å²) in [5.41, 5.74) is 1.89. The van der Waals surface area contributed by atoms with Crippen molar-refractivity contribution in [3.8, 4) is 0 Å². The molecule has 3 rings (SSSR count). The molecule has 1 saturated carbocycles. The van der Waals surface area contributed by atoms with E-state index in [1.807, 2.05) is 13.0 Å². The summed E-state index contributed by atoms with van der Waals surface area (Å²) in [6.07, 6.45) is 7.11. The first-order valence-electron chi connectivity index (χ1n) is 8.78. The summed E-state index contributed by atoms with van der Waals surface area (Å²) >= 11 is 0. The highest BCUT2D eigenvalue weighted by molar-refractivity contribution is 5.81. The molecular weight excluding hydrogens is 290 g/mol. The van der Waals surface area contributed by atoms with E-state index >= 15 is 0 Å². The number of nitrogens with one attached hydrogen (secondary N) is 2. The van der Waals surface area contributed by atoms with Gasteiger partial charge in [0.2, 0.25) is 5.91 Å². The van der Waals surface area contributed by atoms with Gasteiger partial charge in [-0.1, -0.05) is 6.92 Å². The second kappa shape index (κ2) is 6.87. The fraction of sp³-hybridized carbons (Fsp3) is 0.667. The summed E-state index contributed by atoms with van der Waals surface area (Å²) in [6.45, 7) is 5.61. The summed E-state index contributed by atoms with van der Waals surface area (Å²) in [6, 6.07) is 2.10. The Morgan fingerprint density at radius 3 is 2.83 bits per heavy atom. The number of aromatic amines is 1. The van der Waals surface area contributed by atoms with Gasteiger partial charge in [0.05, 0.1) is 6.04 Å². The van der Waals surface area contributed by atoms with Gasteiger partial charge in [0, 0.05) is 30.9 Å². The average molecular weight is 317 g/mol. The highest BCUT2D eigenvalue weighted by Gasteiger charge is 2.28. The molecule has 5 nitrogen and oxygen atoms in total. The summed E-state index contributed by atoms with van der Waals surface area (Å²) in [5.74, 6) is 0.881. The Bertz CT molecular complexity index is 617. The number of rotatable bonds is 3. The number of hydrogen-bond donors (Lipinski definition) is 2. The third-order valence-corrected chi connectivity index (χ3v) is 5.48. The van der Waals surface area contributed by atoms with Crippen LogP contribution < -0.4 is 10.9 Å². The smallest absolute Gasteiger partial charge is 0.252 e. The SMILES string of the molecule is CC1CCC(NC(=O)[C@H](C)N2CCc3cc[nH]c(=O)c3C2)CC1. The van der Waals surface area contributed by atoms with Crippen LogP contribution in [0.3, 0.4) is 0 Å². The molecule has 1 fully saturated rings. The van der Waals surface area contributed by atoms with Crippen molar-refractivity contribution in [1.29, 1.82) is 0 Å². The average Bonchev–Trinajstić information content (AvgIpc) is 2.56. The third-order valence-electron chi connectivity index (χ3n) is 5.48. The van der Waals surface area contributed by atoms with Gasteiger partial charge in [0.1, 0.15) is 0 Å². The van der Waals surface area contributed by atoms with Gasteiger partial charge >= 0.3 is 0 Å². The monoisotopic (exact) mass is 317 g/mol. The van der Waals surface area contributed by atoms with Gasteiger partial charge in [0.15, 0.2) is 0 Å². The Balaban J connectivity index is 1.60. The van der Waals surface area contributed by atoms with Crippen molar-refractivity contribution >= 4 is 5.91 Å². The minimum absolute atomic E-state index is 0.0268. The van der Waals surface area contributed by atoms with Crippen LogP contribution in [0.2, 0.25) is 0 Å². The Kier molecular flexibility index (Phi) is 4.85. The van der Waals surface area contributed by atoms with E-state index in [0.29, 0.717) is 12.6 Å². The number of carbonyl (C=O) groups excluding carboxylic acids is 1. The molecule has 1 aromatic rings. The first-order valence-corrected chi connectivity index (χ1v) is 8.78. The lowest BCUT2D eigenvalue weighted by Crippen LogP contribution is -2.50. The van der Waals surface area contributed by atoms with Crippen molar-refractivity contribution in [3.05, 3.63) is 33.7 Å². The zero-order valence-corrected chi connectivity index (χ0v) is 14.1. The van der Waals surface area contributed by atoms with Gasteiger partial charge in [-0.2, -0.15) is 0 Å². The Labute approximate surface area is 137 Å². The van der Waals surface area contributed by atoms with E-state index in [2.05, 4.69) is 22.1 Å². The van der Waals surface area contributed by atoms with Crippen molar-refractivity contribution in [3.63, 3.8) is 0 Å². The molecule has 1 atom stereocenters. The van der Waals surface area contributed by atoms with Crippen molar-refractivity contribution < 1.29 is 4.79 Å². The second-order valence-electron chi connectivity index (χ2n) is 7.17. The van der Waals surface area contributed by atoms with E-state index in [4.69, 9.17) is 0 Å². The summed E-state index contributed by atoms with van der Waals surface area (Å²) in [7, 11) is 0. The van der Waals surface area contributed by atoms with Crippen molar-refractivity contribution in [2.24, 2.45) is 5.92 Å². The number of pyridine rings is 1. The molecule has 23 heavy (non-hydrogen) atoms. The number of amides is 1. The topological polar surface area (TPSA) is 65.2 Å². The van der Waals surface area contributed by atoms with Crippen LogP contribution in [0.1, 0.15) is 50.7 Å². The normalized spacial score (nSPS) is 26.3. The molecule has 1 aliphatic heterocycles. The maximum atomic E-state index is 12.6. The second-order valence-corrected chi connectivity index (χ2v) is 7.17. The third kappa shape index (κ3) is 3.66. The van der Waals surface area contributed by atoms with Crippen LogP contribution in [0.5, 0.6) is 0 Å². The fourth-order valence-electron chi connectivity index (χ4n) is 3.73. The van der Waals surface area contributed by atoms with Crippen LogP contribution >= 0.6 is 0 Å². The number of carbonyl (C=O) groups is 1. The zero-order chi connectivity index (χ0) is 16.4. The standard InChI is InChI=1S/C18H27N3O2/c1-12-3-5-15(6-4-12)20-17(22)13(2)21-10-8-14-7-9-19-18(23)16(14)11-21/h7,9,12-13,15H,3-6,8,10-11H2,1-2H3,(H,19,23)(H,20,22)/t12?,13-,15?/m0/s1. The van der Waals surface area contributed by atoms with Gasteiger partial charge in [0.25, 0.3) is 5.56 Å². The molecular formula is C18H27N3O2. The minimum atomic E-state index is -0.192. The number of aromatic nitrogens is 1. The van der Waals surface area contributed by atoms with E-state index in [0.717, 1.165) is 42.9 Å². The predicted octanol–water partition coefficient (Wildman–Crippen LogP) is 1.82. The van der Waals surface area contributed by atoms with Crippen molar-refractivity contribution in [2.75, 3.05) is 6.54 Å². The van der Waals surface area contributed by atoms with Crippen LogP contribution in [-0.4, -0.2) is 34.4 Å². The summed E-state index contributed by atoms with van der Waals surface area (Å²) in [4.78, 5) is 29.4. The molecule has 2 aliphatic rings. The lowest BCUT2D eigenvalue weighted by atomic mass is 9.87. The van der Waals surface area contributed by atoms with Crippen LogP contribution in [0, 0.1) is 5.92 Å². The van der Waals surface area contributed by atoms with Crippen LogP contribution in [0.4, 0.5) is 0 Å². The summed E-state index contributed by atoms with van der Waals surface area (Å²) < 4.78 is 0. The van der Waals surface area contributed by atoms with E-state index in [9.17, 15) is 9.59 Å². The lowest BCUT2D eigenvalue weighted by Gasteiger charge is -2.34. The molecule has 5 heteroatoms. The lowest BCUT2D eigenvalue weighted by molar-refractivity contribution is -0.127. The Morgan fingerprint density at radius 1 is 1.35 bits per heavy atom. The molecule has 0 aromatic carbocycles. The van der Waals surface area contributed by atoms with Gasteiger partial charge < -0.3 is 10.3 Å². The highest BCUT2D eigenvalue weighted by atomic mass is 16.2. The van der Waals surface area contributed by atoms with Gasteiger partial charge in [-0.15, -0.1) is 0 Å². The number of H-pyrrole nitrogens is 1. The quantitative estimate of drug-likeness (QED) is 0.894. The molecule has 1 aliphatic carbocycles. The zero-order valence-electron chi connectivity index (χ0n) is 14.1. The van der Waals surface area contributed by atoms with Crippen LogP contribution in [0.25, 0.3) is 0 Å². The molecule has 0 spiro atoms. The number of nitrogens with zero attached hydrogens (tertiary/aromatic N) is 1. The molecule has 0 saturated heterocycles. The first kappa shape index (κ1) is 16.2. The van der Waals surface area contributed by atoms with Gasteiger partial charge in [-0.3, -0.25) is 14.5 Å². The van der Waals surface area contributed by atoms with E-state index < -0.39 is 0 Å². The molecule has 0 unspecified atom stereocenters. The molecule has 1 aromatic heterocycles. The fourth-order valence-corrected chi connectivity index (χ4v) is 3.73. The van der Waals surface area contributed by atoms with Gasteiger partial charge in [-0.25, -0.2) is 0 Å². The first-order chi connectivity index (χ1) is 11.0. The van der Waals surface area contributed by atoms with Crippen LogP contribution in [-0.2, 0) is 17.8 Å². The largest absolute Gasteiger partial charge is 0.352 e. The van der Waals surface area contributed by atoms with E-state index in [-0.39, 0.29) is 17.5 Å². The maximum absolute atomic E-state index is 12.6. The minimum Gasteiger partial charge on any atom is -0.352 e. The number of fused-ring (bicyclic) bond motifs is 1. The molecule has 0 bridgehead atoms. The molecule has 126 valence electrons. The Morgan fingerprint density at radius 2 is 2.09 bits per heavy atom. The molecule has 1 amide bonds.